The van der Waals surface area contributed by atoms with Gasteiger partial charge in [0.2, 0.25) is 0 Å². The summed E-state index contributed by atoms with van der Waals surface area (Å²) in [4.78, 5) is 23.0. The first-order valence-corrected chi connectivity index (χ1v) is 9.53. The Morgan fingerprint density at radius 1 is 1.08 bits per heavy atom. The molecule has 0 saturated heterocycles. The highest BCUT2D eigenvalue weighted by Gasteiger charge is 2.17. The van der Waals surface area contributed by atoms with Crippen LogP contribution in [0.3, 0.4) is 0 Å². The topological polar surface area (TPSA) is 43.4 Å². The van der Waals surface area contributed by atoms with Gasteiger partial charge in [-0.1, -0.05) is 65.8 Å². The first-order valence-electron chi connectivity index (χ1n) is 9.53. The van der Waals surface area contributed by atoms with E-state index < -0.39 is 0 Å². The van der Waals surface area contributed by atoms with Crippen LogP contribution in [0, 0.1) is 5.41 Å². The van der Waals surface area contributed by atoms with Gasteiger partial charge in [0.25, 0.3) is 0 Å². The minimum atomic E-state index is -0.264. The number of benzene rings is 1. The van der Waals surface area contributed by atoms with Crippen molar-refractivity contribution in [3.63, 3.8) is 0 Å². The summed E-state index contributed by atoms with van der Waals surface area (Å²) in [6.07, 6.45) is 4.45. The zero-order valence-corrected chi connectivity index (χ0v) is 17.8. The molecule has 146 valence electrons. The van der Waals surface area contributed by atoms with Gasteiger partial charge in [-0.25, -0.2) is 0 Å². The average Bonchev–Trinajstić information content (AvgIpc) is 2.99. The molecule has 0 N–H and O–H groups in total. The van der Waals surface area contributed by atoms with E-state index in [1.807, 2.05) is 51.1 Å². The van der Waals surface area contributed by atoms with Crippen LogP contribution in [0.5, 0.6) is 0 Å². The van der Waals surface area contributed by atoms with Crippen molar-refractivity contribution in [2.75, 3.05) is 7.11 Å². The molecule has 1 aliphatic carbocycles. The molecule has 0 aliphatic heterocycles. The SMILES string of the molecule is CC.CC(C)(C)C.COC(=O)C(C)c1ccc(/C=C2\CCCC2=O)cc1. The highest BCUT2D eigenvalue weighted by Crippen LogP contribution is 2.24. The molecule has 3 heteroatoms. The fourth-order valence-corrected chi connectivity index (χ4v) is 2.29. The van der Waals surface area contributed by atoms with Crippen LogP contribution in [0.15, 0.2) is 29.8 Å². The second kappa shape index (κ2) is 11.7. The third-order valence-corrected chi connectivity index (χ3v) is 3.54. The van der Waals surface area contributed by atoms with Gasteiger partial charge < -0.3 is 4.74 Å². The third-order valence-electron chi connectivity index (χ3n) is 3.54. The van der Waals surface area contributed by atoms with Gasteiger partial charge in [-0.15, -0.1) is 0 Å². The Kier molecular flexibility index (Phi) is 10.8. The molecule has 1 aliphatic rings. The maximum Gasteiger partial charge on any atom is 0.312 e. The van der Waals surface area contributed by atoms with Crippen LogP contribution >= 0.6 is 0 Å². The molecule has 0 radical (unpaired) electrons. The van der Waals surface area contributed by atoms with Crippen molar-refractivity contribution in [1.29, 1.82) is 0 Å². The van der Waals surface area contributed by atoms with Crippen molar-refractivity contribution in [3.8, 4) is 0 Å². The summed E-state index contributed by atoms with van der Waals surface area (Å²) >= 11 is 0. The molecule has 0 heterocycles. The molecule has 1 unspecified atom stereocenters. The summed E-state index contributed by atoms with van der Waals surface area (Å²) < 4.78 is 4.72. The Morgan fingerprint density at radius 2 is 1.58 bits per heavy atom. The number of rotatable bonds is 3. The maximum atomic E-state index is 11.6. The predicted molar refractivity (Wildman–Crippen MR) is 110 cm³/mol. The maximum absolute atomic E-state index is 11.6. The van der Waals surface area contributed by atoms with Gasteiger partial charge in [-0.3, -0.25) is 9.59 Å². The molecule has 0 aromatic heterocycles. The van der Waals surface area contributed by atoms with E-state index in [1.54, 1.807) is 0 Å². The lowest BCUT2D eigenvalue weighted by Gasteiger charge is -2.09. The van der Waals surface area contributed by atoms with Gasteiger partial charge in [0.05, 0.1) is 13.0 Å². The lowest BCUT2D eigenvalue weighted by molar-refractivity contribution is -0.142. The van der Waals surface area contributed by atoms with E-state index in [0.717, 1.165) is 29.5 Å². The number of ketones is 1. The molecule has 3 nitrogen and oxygen atoms in total. The number of hydrogen-bond acceptors (Lipinski definition) is 3. The number of allylic oxidation sites excluding steroid dienone is 1. The summed E-state index contributed by atoms with van der Waals surface area (Å²) in [6.45, 7) is 14.6. The minimum Gasteiger partial charge on any atom is -0.469 e. The van der Waals surface area contributed by atoms with Crippen molar-refractivity contribution in [1.82, 2.24) is 0 Å². The number of ether oxygens (including phenoxy) is 1. The molecule has 1 aromatic rings. The fourth-order valence-electron chi connectivity index (χ4n) is 2.29. The van der Waals surface area contributed by atoms with Crippen molar-refractivity contribution in [2.45, 2.75) is 73.6 Å². The predicted octanol–water partition coefficient (Wildman–Crippen LogP) is 6.18. The Bertz CT molecular complexity index is 583. The zero-order valence-electron chi connectivity index (χ0n) is 17.8. The van der Waals surface area contributed by atoms with Crippen LogP contribution in [-0.2, 0) is 14.3 Å². The lowest BCUT2D eigenvalue weighted by Crippen LogP contribution is -2.10. The highest BCUT2D eigenvalue weighted by atomic mass is 16.5. The molecule has 0 amide bonds. The molecular formula is C23H36O3. The van der Waals surface area contributed by atoms with Crippen molar-refractivity contribution in [3.05, 3.63) is 41.0 Å². The smallest absolute Gasteiger partial charge is 0.312 e. The number of Topliss-reactive ketones (excluding diaryl/α,β-unsaturated/α-hetero) is 1. The highest BCUT2D eigenvalue weighted by molar-refractivity contribution is 6.01. The van der Waals surface area contributed by atoms with E-state index in [0.29, 0.717) is 11.8 Å². The minimum absolute atomic E-state index is 0.239. The Balaban J connectivity index is 0.000000772. The fraction of sp³-hybridized carbons (Fsp3) is 0.565. The van der Waals surface area contributed by atoms with Crippen molar-refractivity contribution < 1.29 is 14.3 Å². The monoisotopic (exact) mass is 360 g/mol. The number of hydrogen-bond donors (Lipinski definition) is 0. The molecule has 1 fully saturated rings. The zero-order chi connectivity index (χ0) is 20.3. The number of methoxy groups -OCH3 is 1. The van der Waals surface area contributed by atoms with Gasteiger partial charge in [0.1, 0.15) is 0 Å². The molecule has 2 rings (SSSR count). The number of esters is 1. The molecule has 0 spiro atoms. The summed E-state index contributed by atoms with van der Waals surface area (Å²) in [6, 6.07) is 7.70. The molecule has 0 bridgehead atoms. The Morgan fingerprint density at radius 3 is 1.96 bits per heavy atom. The van der Waals surface area contributed by atoms with E-state index in [1.165, 1.54) is 7.11 Å². The van der Waals surface area contributed by atoms with Gasteiger partial charge in [-0.05, 0) is 48.0 Å². The van der Waals surface area contributed by atoms with E-state index in [2.05, 4.69) is 27.7 Å². The second-order valence-corrected chi connectivity index (χ2v) is 7.86. The molecular weight excluding hydrogens is 324 g/mol. The van der Waals surface area contributed by atoms with Gasteiger partial charge in [0.15, 0.2) is 5.78 Å². The summed E-state index contributed by atoms with van der Waals surface area (Å²) in [5, 5.41) is 0. The van der Waals surface area contributed by atoms with Crippen molar-refractivity contribution in [2.24, 2.45) is 5.41 Å². The number of carbonyl (C=O) groups excluding carboxylic acids is 2. The van der Waals surface area contributed by atoms with E-state index in [-0.39, 0.29) is 17.7 Å². The van der Waals surface area contributed by atoms with Crippen LogP contribution in [0.1, 0.15) is 84.8 Å². The van der Waals surface area contributed by atoms with E-state index in [4.69, 9.17) is 4.74 Å². The normalized spacial score (nSPS) is 16.2. The first kappa shape index (κ1) is 24.1. The van der Waals surface area contributed by atoms with Crippen LogP contribution in [-0.4, -0.2) is 18.9 Å². The van der Waals surface area contributed by atoms with Crippen LogP contribution in [0.2, 0.25) is 0 Å². The quantitative estimate of drug-likeness (QED) is 0.477. The molecule has 26 heavy (non-hydrogen) atoms. The first-order chi connectivity index (χ1) is 12.1. The van der Waals surface area contributed by atoms with Gasteiger partial charge in [-0.2, -0.15) is 0 Å². The number of carbonyl (C=O) groups is 2. The largest absolute Gasteiger partial charge is 0.469 e. The second-order valence-electron chi connectivity index (χ2n) is 7.86. The van der Waals surface area contributed by atoms with Crippen molar-refractivity contribution >= 4 is 17.8 Å². The van der Waals surface area contributed by atoms with Crippen LogP contribution < -0.4 is 0 Å². The Labute approximate surface area is 159 Å². The average molecular weight is 361 g/mol. The summed E-state index contributed by atoms with van der Waals surface area (Å²) in [5.41, 5.74) is 3.34. The van der Waals surface area contributed by atoms with Gasteiger partial charge in [0, 0.05) is 6.42 Å². The summed E-state index contributed by atoms with van der Waals surface area (Å²) in [7, 11) is 1.39. The Hall–Kier alpha value is -1.90. The standard InChI is InChI=1S/C16H18O3.C5H12.C2H6/c1-11(16(18)19-2)13-8-6-12(7-9-13)10-14-4-3-5-15(14)17;1-5(2,3)4;1-2/h6-11H,3-5H2,1-2H3;1-4H3;1-2H3/b14-10+;;. The molecule has 1 atom stereocenters. The van der Waals surface area contributed by atoms with Gasteiger partial charge >= 0.3 is 5.97 Å². The van der Waals surface area contributed by atoms with E-state index >= 15 is 0 Å². The van der Waals surface area contributed by atoms with Crippen LogP contribution in [0.4, 0.5) is 0 Å². The van der Waals surface area contributed by atoms with Crippen LogP contribution in [0.25, 0.3) is 6.08 Å². The van der Waals surface area contributed by atoms with E-state index in [9.17, 15) is 9.59 Å². The summed E-state index contributed by atoms with van der Waals surface area (Å²) in [5.74, 6) is -0.246. The molecule has 1 aromatic carbocycles. The lowest BCUT2D eigenvalue weighted by atomic mass is 9.99. The molecule has 1 saturated carbocycles. The third kappa shape index (κ3) is 9.55.